The Bertz CT molecular complexity index is 677. The molecule has 2 aromatic rings. The zero-order valence-electron chi connectivity index (χ0n) is 12.1. The van der Waals surface area contributed by atoms with E-state index in [0.717, 1.165) is 6.07 Å². The molecule has 1 aromatic carbocycles. The zero-order valence-corrected chi connectivity index (χ0v) is 12.1. The standard InChI is InChI=1S/C16H16FNO3/c1-16(2,3)21-15(20)10-6-7-18-13(8-10)12-5-4-11(17)9-14(12)19/h4-9,19H,1-3H3. The summed E-state index contributed by atoms with van der Waals surface area (Å²) in [6.45, 7) is 5.33. The molecule has 0 bridgehead atoms. The molecule has 1 aromatic heterocycles. The minimum absolute atomic E-state index is 0.233. The molecule has 0 aliphatic carbocycles. The van der Waals surface area contributed by atoms with Gasteiger partial charge in [-0.05, 0) is 45.0 Å². The van der Waals surface area contributed by atoms with E-state index in [0.29, 0.717) is 16.8 Å². The SMILES string of the molecule is CC(C)(C)OC(=O)c1ccnc(-c2ccc(F)cc2O)c1. The highest BCUT2D eigenvalue weighted by atomic mass is 19.1. The maximum Gasteiger partial charge on any atom is 0.338 e. The average molecular weight is 289 g/mol. The number of hydrogen-bond donors (Lipinski definition) is 1. The Morgan fingerprint density at radius 3 is 2.57 bits per heavy atom. The van der Waals surface area contributed by atoms with Crippen LogP contribution in [-0.4, -0.2) is 21.7 Å². The summed E-state index contributed by atoms with van der Waals surface area (Å²) >= 11 is 0. The van der Waals surface area contributed by atoms with E-state index in [1.54, 1.807) is 20.8 Å². The molecule has 1 heterocycles. The highest BCUT2D eigenvalue weighted by Gasteiger charge is 2.18. The summed E-state index contributed by atoms with van der Waals surface area (Å²) in [4.78, 5) is 16.1. The number of benzene rings is 1. The summed E-state index contributed by atoms with van der Waals surface area (Å²) in [7, 11) is 0. The Morgan fingerprint density at radius 1 is 1.24 bits per heavy atom. The highest BCUT2D eigenvalue weighted by Crippen LogP contribution is 2.28. The molecule has 2 rings (SSSR count). The second kappa shape index (κ2) is 5.52. The molecule has 21 heavy (non-hydrogen) atoms. The minimum atomic E-state index is -0.599. The molecule has 0 spiro atoms. The van der Waals surface area contributed by atoms with E-state index in [4.69, 9.17) is 4.74 Å². The zero-order chi connectivity index (χ0) is 15.6. The summed E-state index contributed by atoms with van der Waals surface area (Å²) in [6, 6.07) is 6.65. The van der Waals surface area contributed by atoms with Crippen molar-refractivity contribution in [1.29, 1.82) is 0 Å². The number of pyridine rings is 1. The normalized spacial score (nSPS) is 11.2. The van der Waals surface area contributed by atoms with Crippen molar-refractivity contribution in [3.8, 4) is 17.0 Å². The number of rotatable bonds is 2. The first kappa shape index (κ1) is 15.0. The van der Waals surface area contributed by atoms with E-state index in [9.17, 15) is 14.3 Å². The first-order chi connectivity index (χ1) is 9.76. The van der Waals surface area contributed by atoms with Gasteiger partial charge in [-0.25, -0.2) is 9.18 Å². The van der Waals surface area contributed by atoms with Crippen LogP contribution in [0.5, 0.6) is 5.75 Å². The maximum atomic E-state index is 13.0. The van der Waals surface area contributed by atoms with Crippen molar-refractivity contribution >= 4 is 5.97 Å². The fourth-order valence-corrected chi connectivity index (χ4v) is 1.76. The minimum Gasteiger partial charge on any atom is -0.507 e. The van der Waals surface area contributed by atoms with Crippen molar-refractivity contribution in [3.63, 3.8) is 0 Å². The molecule has 0 fully saturated rings. The van der Waals surface area contributed by atoms with Crippen LogP contribution in [0.1, 0.15) is 31.1 Å². The van der Waals surface area contributed by atoms with Gasteiger partial charge in [-0.1, -0.05) is 0 Å². The number of nitrogens with zero attached hydrogens (tertiary/aromatic N) is 1. The van der Waals surface area contributed by atoms with E-state index >= 15 is 0 Å². The van der Waals surface area contributed by atoms with Gasteiger partial charge in [0.25, 0.3) is 0 Å². The van der Waals surface area contributed by atoms with Crippen LogP contribution in [0.25, 0.3) is 11.3 Å². The lowest BCUT2D eigenvalue weighted by atomic mass is 10.1. The lowest BCUT2D eigenvalue weighted by Gasteiger charge is -2.19. The number of aromatic nitrogens is 1. The Hall–Kier alpha value is -2.43. The molecular weight excluding hydrogens is 273 g/mol. The number of phenols is 1. The number of hydrogen-bond acceptors (Lipinski definition) is 4. The van der Waals surface area contributed by atoms with Crippen molar-refractivity contribution in [2.24, 2.45) is 0 Å². The second-order valence-corrected chi connectivity index (χ2v) is 5.59. The lowest BCUT2D eigenvalue weighted by Crippen LogP contribution is -2.23. The van der Waals surface area contributed by atoms with Crippen molar-refractivity contribution in [1.82, 2.24) is 4.98 Å². The van der Waals surface area contributed by atoms with Crippen LogP contribution >= 0.6 is 0 Å². The van der Waals surface area contributed by atoms with Crippen LogP contribution in [0.3, 0.4) is 0 Å². The third-order valence-electron chi connectivity index (χ3n) is 2.63. The van der Waals surface area contributed by atoms with E-state index in [1.807, 2.05) is 0 Å². The van der Waals surface area contributed by atoms with Gasteiger partial charge in [0.05, 0.1) is 11.3 Å². The van der Waals surface area contributed by atoms with Crippen molar-refractivity contribution in [2.45, 2.75) is 26.4 Å². The van der Waals surface area contributed by atoms with Crippen LogP contribution < -0.4 is 0 Å². The Labute approximate surface area is 122 Å². The van der Waals surface area contributed by atoms with Crippen LogP contribution in [-0.2, 0) is 4.74 Å². The van der Waals surface area contributed by atoms with E-state index in [-0.39, 0.29) is 5.75 Å². The summed E-state index contributed by atoms with van der Waals surface area (Å²) in [5, 5.41) is 9.76. The second-order valence-electron chi connectivity index (χ2n) is 5.59. The number of carbonyl (C=O) groups is 1. The first-order valence-electron chi connectivity index (χ1n) is 6.44. The van der Waals surface area contributed by atoms with Crippen LogP contribution in [0.15, 0.2) is 36.5 Å². The molecule has 0 atom stereocenters. The van der Waals surface area contributed by atoms with Crippen molar-refractivity contribution in [3.05, 3.63) is 47.9 Å². The molecule has 110 valence electrons. The summed E-state index contributed by atoms with van der Waals surface area (Å²) in [5.74, 6) is -1.25. The van der Waals surface area contributed by atoms with Gasteiger partial charge in [-0.2, -0.15) is 0 Å². The quantitative estimate of drug-likeness (QED) is 0.859. The molecule has 0 saturated carbocycles. The topological polar surface area (TPSA) is 59.4 Å². The summed E-state index contributed by atoms with van der Waals surface area (Å²) < 4.78 is 18.3. The number of carbonyl (C=O) groups excluding carboxylic acids is 1. The number of phenolic OH excluding ortho intramolecular Hbond substituents is 1. The molecule has 0 amide bonds. The molecule has 5 heteroatoms. The average Bonchev–Trinajstić information content (AvgIpc) is 2.37. The fraction of sp³-hybridized carbons (Fsp3) is 0.250. The molecule has 4 nitrogen and oxygen atoms in total. The Balaban J connectivity index is 2.36. The van der Waals surface area contributed by atoms with E-state index in [2.05, 4.69) is 4.98 Å². The van der Waals surface area contributed by atoms with E-state index in [1.165, 1.54) is 30.5 Å². The van der Waals surface area contributed by atoms with Gasteiger partial charge in [0, 0.05) is 17.8 Å². The largest absolute Gasteiger partial charge is 0.507 e. The van der Waals surface area contributed by atoms with Gasteiger partial charge in [0.15, 0.2) is 0 Å². The third kappa shape index (κ3) is 3.78. The van der Waals surface area contributed by atoms with Crippen molar-refractivity contribution in [2.75, 3.05) is 0 Å². The van der Waals surface area contributed by atoms with Crippen LogP contribution in [0.4, 0.5) is 4.39 Å². The van der Waals surface area contributed by atoms with Gasteiger partial charge in [-0.3, -0.25) is 4.98 Å². The Kier molecular flexibility index (Phi) is 3.93. The summed E-state index contributed by atoms with van der Waals surface area (Å²) in [5.41, 5.74) is 0.440. The number of ether oxygens (including phenoxy) is 1. The van der Waals surface area contributed by atoms with Gasteiger partial charge >= 0.3 is 5.97 Å². The first-order valence-corrected chi connectivity index (χ1v) is 6.44. The highest BCUT2D eigenvalue weighted by molar-refractivity contribution is 5.91. The van der Waals surface area contributed by atoms with Gasteiger partial charge in [-0.15, -0.1) is 0 Å². The van der Waals surface area contributed by atoms with Crippen LogP contribution in [0.2, 0.25) is 0 Å². The van der Waals surface area contributed by atoms with E-state index < -0.39 is 17.4 Å². The van der Waals surface area contributed by atoms with Crippen molar-refractivity contribution < 1.29 is 19.0 Å². The molecular formula is C16H16FNO3. The number of esters is 1. The molecule has 1 N–H and O–H groups in total. The predicted molar refractivity (Wildman–Crippen MR) is 76.5 cm³/mol. The smallest absolute Gasteiger partial charge is 0.338 e. The molecule has 0 aliphatic heterocycles. The predicted octanol–water partition coefficient (Wildman–Crippen LogP) is 3.55. The third-order valence-corrected chi connectivity index (χ3v) is 2.63. The number of halogens is 1. The maximum absolute atomic E-state index is 13.0. The molecule has 0 aliphatic rings. The lowest BCUT2D eigenvalue weighted by molar-refractivity contribution is 0.00694. The summed E-state index contributed by atoms with van der Waals surface area (Å²) in [6.07, 6.45) is 1.44. The van der Waals surface area contributed by atoms with Gasteiger partial charge in [0.2, 0.25) is 0 Å². The molecule has 0 unspecified atom stereocenters. The molecule has 0 radical (unpaired) electrons. The molecule has 0 saturated heterocycles. The fourth-order valence-electron chi connectivity index (χ4n) is 1.76. The Morgan fingerprint density at radius 2 is 1.95 bits per heavy atom. The van der Waals surface area contributed by atoms with Gasteiger partial charge in [0.1, 0.15) is 17.2 Å². The number of aromatic hydroxyl groups is 1. The van der Waals surface area contributed by atoms with Gasteiger partial charge < -0.3 is 9.84 Å². The van der Waals surface area contributed by atoms with Crippen LogP contribution in [0, 0.1) is 5.82 Å². The monoisotopic (exact) mass is 289 g/mol.